The number of anilines is 1. The van der Waals surface area contributed by atoms with Crippen LogP contribution in [0.3, 0.4) is 0 Å². The quantitative estimate of drug-likeness (QED) is 0.653. The van der Waals surface area contributed by atoms with Crippen LogP contribution in [-0.4, -0.2) is 29.0 Å². The topological polar surface area (TPSA) is 77.3 Å². The lowest BCUT2D eigenvalue weighted by atomic mass is 10.2. The second-order valence-corrected chi connectivity index (χ2v) is 6.42. The number of nitrogens with zero attached hydrogens (tertiary/aromatic N) is 2. The standard InChI is InChI=1S/C17H14ClN3O3S/c1-23-13-6-2-11(3-7-13)16-20-21-17(24-16)19-15(22)10-25-14-8-4-12(18)5-9-14/h2-9H,10H2,1H3,(H,19,21,22). The molecule has 0 spiro atoms. The highest BCUT2D eigenvalue weighted by Gasteiger charge is 2.12. The second-order valence-electron chi connectivity index (χ2n) is 4.93. The summed E-state index contributed by atoms with van der Waals surface area (Å²) in [4.78, 5) is 12.9. The molecule has 0 fully saturated rings. The average Bonchev–Trinajstić information content (AvgIpc) is 3.10. The van der Waals surface area contributed by atoms with Crippen molar-refractivity contribution in [1.82, 2.24) is 10.2 Å². The minimum Gasteiger partial charge on any atom is -0.497 e. The summed E-state index contributed by atoms with van der Waals surface area (Å²) >= 11 is 7.22. The number of nitrogens with one attached hydrogen (secondary N) is 1. The number of halogens is 1. The fraction of sp³-hybridized carbons (Fsp3) is 0.118. The van der Waals surface area contributed by atoms with Crippen molar-refractivity contribution < 1.29 is 13.9 Å². The number of thioether (sulfide) groups is 1. The summed E-state index contributed by atoms with van der Waals surface area (Å²) in [6.45, 7) is 0. The van der Waals surface area contributed by atoms with Crippen LogP contribution in [0.1, 0.15) is 0 Å². The van der Waals surface area contributed by atoms with E-state index in [1.165, 1.54) is 11.8 Å². The van der Waals surface area contributed by atoms with E-state index in [0.29, 0.717) is 10.9 Å². The molecular weight excluding hydrogens is 362 g/mol. The number of aromatic nitrogens is 2. The first-order chi connectivity index (χ1) is 12.1. The molecule has 3 aromatic rings. The zero-order chi connectivity index (χ0) is 17.6. The molecule has 8 heteroatoms. The van der Waals surface area contributed by atoms with Crippen LogP contribution in [0, 0.1) is 0 Å². The van der Waals surface area contributed by atoms with E-state index in [0.717, 1.165) is 16.2 Å². The number of methoxy groups -OCH3 is 1. The number of hydrogen-bond donors (Lipinski definition) is 1. The Morgan fingerprint density at radius 1 is 1.16 bits per heavy atom. The molecule has 3 rings (SSSR count). The van der Waals surface area contributed by atoms with Crippen LogP contribution in [-0.2, 0) is 4.79 Å². The molecular formula is C17H14ClN3O3S. The van der Waals surface area contributed by atoms with E-state index < -0.39 is 0 Å². The molecule has 1 amide bonds. The molecule has 0 bridgehead atoms. The molecule has 0 saturated carbocycles. The van der Waals surface area contributed by atoms with Crippen molar-refractivity contribution in [2.75, 3.05) is 18.2 Å². The highest BCUT2D eigenvalue weighted by molar-refractivity contribution is 8.00. The Hall–Kier alpha value is -2.51. The van der Waals surface area contributed by atoms with E-state index in [1.807, 2.05) is 12.1 Å². The fourth-order valence-electron chi connectivity index (χ4n) is 1.96. The van der Waals surface area contributed by atoms with Crippen molar-refractivity contribution in [1.29, 1.82) is 0 Å². The lowest BCUT2D eigenvalue weighted by molar-refractivity contribution is -0.113. The normalized spacial score (nSPS) is 10.5. The van der Waals surface area contributed by atoms with Crippen molar-refractivity contribution in [2.24, 2.45) is 0 Å². The number of carbonyl (C=O) groups excluding carboxylic acids is 1. The van der Waals surface area contributed by atoms with E-state index in [9.17, 15) is 4.79 Å². The van der Waals surface area contributed by atoms with Crippen molar-refractivity contribution in [3.05, 3.63) is 53.6 Å². The predicted octanol–water partition coefficient (Wildman–Crippen LogP) is 4.13. The highest BCUT2D eigenvalue weighted by Crippen LogP contribution is 2.23. The van der Waals surface area contributed by atoms with Crippen LogP contribution in [0.5, 0.6) is 5.75 Å². The van der Waals surface area contributed by atoms with Gasteiger partial charge in [0.1, 0.15) is 5.75 Å². The van der Waals surface area contributed by atoms with Gasteiger partial charge in [-0.15, -0.1) is 16.9 Å². The lowest BCUT2D eigenvalue weighted by Crippen LogP contribution is -2.14. The minimum atomic E-state index is -0.232. The Morgan fingerprint density at radius 2 is 1.88 bits per heavy atom. The first-order valence-electron chi connectivity index (χ1n) is 7.30. The van der Waals surface area contributed by atoms with Crippen LogP contribution < -0.4 is 10.1 Å². The molecule has 1 N–H and O–H groups in total. The Bertz CT molecular complexity index is 850. The molecule has 0 atom stereocenters. The van der Waals surface area contributed by atoms with Gasteiger partial charge in [0.25, 0.3) is 0 Å². The number of amides is 1. The first-order valence-corrected chi connectivity index (χ1v) is 8.66. The Balaban J connectivity index is 1.56. The number of carbonyl (C=O) groups is 1. The minimum absolute atomic E-state index is 0.0625. The zero-order valence-electron chi connectivity index (χ0n) is 13.2. The predicted molar refractivity (Wildman–Crippen MR) is 97.1 cm³/mol. The molecule has 0 aliphatic carbocycles. The maximum Gasteiger partial charge on any atom is 0.322 e. The molecule has 0 aliphatic rings. The third kappa shape index (κ3) is 4.74. The third-order valence-electron chi connectivity index (χ3n) is 3.19. The second kappa shape index (κ2) is 8.04. The zero-order valence-corrected chi connectivity index (χ0v) is 14.8. The lowest BCUT2D eigenvalue weighted by Gasteiger charge is -2.01. The third-order valence-corrected chi connectivity index (χ3v) is 4.46. The molecule has 1 aromatic heterocycles. The molecule has 6 nitrogen and oxygen atoms in total. The molecule has 0 aliphatic heterocycles. The maximum absolute atomic E-state index is 12.0. The largest absolute Gasteiger partial charge is 0.497 e. The number of rotatable bonds is 6. The van der Waals surface area contributed by atoms with Crippen LogP contribution >= 0.6 is 23.4 Å². The van der Waals surface area contributed by atoms with Gasteiger partial charge >= 0.3 is 6.01 Å². The summed E-state index contributed by atoms with van der Waals surface area (Å²) in [6.07, 6.45) is 0. The van der Waals surface area contributed by atoms with E-state index >= 15 is 0 Å². The summed E-state index contributed by atoms with van der Waals surface area (Å²) in [5.74, 6) is 1.05. The van der Waals surface area contributed by atoms with Gasteiger partial charge in [-0.1, -0.05) is 16.7 Å². The van der Waals surface area contributed by atoms with Crippen molar-refractivity contribution in [3.63, 3.8) is 0 Å². The van der Waals surface area contributed by atoms with Gasteiger partial charge in [0.05, 0.1) is 12.9 Å². The summed E-state index contributed by atoms with van der Waals surface area (Å²) < 4.78 is 10.6. The van der Waals surface area contributed by atoms with Crippen LogP contribution in [0.4, 0.5) is 6.01 Å². The SMILES string of the molecule is COc1ccc(-c2nnc(NC(=O)CSc3ccc(Cl)cc3)o2)cc1. The number of benzene rings is 2. The summed E-state index contributed by atoms with van der Waals surface area (Å²) in [6, 6.07) is 14.5. The van der Waals surface area contributed by atoms with Crippen LogP contribution in [0.25, 0.3) is 11.5 Å². The van der Waals surface area contributed by atoms with E-state index in [4.69, 9.17) is 20.8 Å². The molecule has 1 heterocycles. The molecule has 25 heavy (non-hydrogen) atoms. The van der Waals surface area contributed by atoms with E-state index in [2.05, 4.69) is 15.5 Å². The van der Waals surface area contributed by atoms with Gasteiger partial charge in [-0.25, -0.2) is 0 Å². The number of hydrogen-bond acceptors (Lipinski definition) is 6. The molecule has 128 valence electrons. The average molecular weight is 376 g/mol. The van der Waals surface area contributed by atoms with Gasteiger partial charge in [-0.05, 0) is 48.5 Å². The van der Waals surface area contributed by atoms with E-state index in [-0.39, 0.29) is 17.7 Å². The van der Waals surface area contributed by atoms with Crippen molar-refractivity contribution >= 4 is 35.3 Å². The van der Waals surface area contributed by atoms with Crippen molar-refractivity contribution in [3.8, 4) is 17.2 Å². The van der Waals surface area contributed by atoms with Gasteiger partial charge in [0.15, 0.2) is 0 Å². The van der Waals surface area contributed by atoms with Gasteiger partial charge < -0.3 is 9.15 Å². The molecule has 0 unspecified atom stereocenters. The van der Waals surface area contributed by atoms with Crippen LogP contribution in [0.15, 0.2) is 57.8 Å². The summed E-state index contributed by atoms with van der Waals surface area (Å²) in [5.41, 5.74) is 0.740. The Morgan fingerprint density at radius 3 is 2.56 bits per heavy atom. The Kier molecular flexibility index (Phi) is 5.57. The Labute approximate surface area is 153 Å². The fourth-order valence-corrected chi connectivity index (χ4v) is 2.78. The first kappa shape index (κ1) is 17.3. The van der Waals surface area contributed by atoms with Crippen molar-refractivity contribution in [2.45, 2.75) is 4.90 Å². The molecule has 0 saturated heterocycles. The summed E-state index contributed by atoms with van der Waals surface area (Å²) in [5, 5.41) is 11.0. The van der Waals surface area contributed by atoms with Gasteiger partial charge in [-0.2, -0.15) is 0 Å². The molecule has 2 aromatic carbocycles. The number of ether oxygens (including phenoxy) is 1. The highest BCUT2D eigenvalue weighted by atomic mass is 35.5. The van der Waals surface area contributed by atoms with Gasteiger partial charge in [0, 0.05) is 15.5 Å². The maximum atomic E-state index is 12.0. The van der Waals surface area contributed by atoms with Crippen LogP contribution in [0.2, 0.25) is 5.02 Å². The van der Waals surface area contributed by atoms with E-state index in [1.54, 1.807) is 43.5 Å². The van der Waals surface area contributed by atoms with Gasteiger partial charge in [-0.3, -0.25) is 10.1 Å². The summed E-state index contributed by atoms with van der Waals surface area (Å²) in [7, 11) is 1.59. The molecule has 0 radical (unpaired) electrons. The monoisotopic (exact) mass is 375 g/mol. The van der Waals surface area contributed by atoms with Gasteiger partial charge in [0.2, 0.25) is 11.8 Å². The smallest absolute Gasteiger partial charge is 0.322 e.